The molecule has 0 aliphatic carbocycles. The number of carbonyl (C=O) groups is 3. The molecule has 44 heavy (non-hydrogen) atoms. The second-order valence-corrected chi connectivity index (χ2v) is 12.7. The van der Waals surface area contributed by atoms with Gasteiger partial charge in [-0.3, -0.25) is 14.5 Å². The second-order valence-electron chi connectivity index (χ2n) is 11.7. The van der Waals surface area contributed by atoms with Gasteiger partial charge in [-0.2, -0.15) is 4.68 Å². The van der Waals surface area contributed by atoms with E-state index >= 15 is 0 Å². The van der Waals surface area contributed by atoms with Crippen LogP contribution in [0.1, 0.15) is 58.9 Å². The van der Waals surface area contributed by atoms with Crippen molar-refractivity contribution >= 4 is 45.3 Å². The minimum atomic E-state index is -1.02. The van der Waals surface area contributed by atoms with Crippen molar-refractivity contribution in [3.05, 3.63) is 82.0 Å². The van der Waals surface area contributed by atoms with Crippen LogP contribution < -0.4 is 10.6 Å². The Labute approximate surface area is 259 Å². The number of nitrogens with one attached hydrogen (secondary N) is 2. The normalized spacial score (nSPS) is 14.1. The van der Waals surface area contributed by atoms with Crippen molar-refractivity contribution in [3.63, 3.8) is 0 Å². The molecule has 2 N–H and O–H groups in total. The minimum absolute atomic E-state index is 0.0979. The van der Waals surface area contributed by atoms with Crippen LogP contribution in [0.5, 0.6) is 0 Å². The van der Waals surface area contributed by atoms with Gasteiger partial charge in [-0.1, -0.05) is 44.2 Å². The van der Waals surface area contributed by atoms with E-state index in [1.54, 1.807) is 50.2 Å². The fourth-order valence-corrected chi connectivity index (χ4v) is 5.87. The summed E-state index contributed by atoms with van der Waals surface area (Å²) in [5.74, 6) is -1.09. The zero-order chi connectivity index (χ0) is 31.4. The maximum Gasteiger partial charge on any atom is 0.436 e. The van der Waals surface area contributed by atoms with Crippen molar-refractivity contribution in [2.45, 2.75) is 39.8 Å². The molecule has 1 aliphatic rings. The summed E-state index contributed by atoms with van der Waals surface area (Å²) in [4.78, 5) is 42.5. The van der Waals surface area contributed by atoms with Crippen molar-refractivity contribution in [1.82, 2.24) is 20.0 Å². The Morgan fingerprint density at radius 1 is 1.07 bits per heavy atom. The highest BCUT2D eigenvalue weighted by Gasteiger charge is 2.29. The van der Waals surface area contributed by atoms with Crippen LogP contribution in [0.4, 0.5) is 15.0 Å². The van der Waals surface area contributed by atoms with Crippen LogP contribution in [-0.4, -0.2) is 65.5 Å². The number of amides is 2. The number of thiophene rings is 1. The molecule has 0 saturated carbocycles. The zero-order valence-electron chi connectivity index (χ0n) is 25.2. The smallest absolute Gasteiger partial charge is 0.436 e. The van der Waals surface area contributed by atoms with Crippen LogP contribution in [0.2, 0.25) is 0 Å². The van der Waals surface area contributed by atoms with Gasteiger partial charge in [0.25, 0.3) is 11.8 Å². The molecule has 232 valence electrons. The molecule has 2 amide bonds. The lowest BCUT2D eigenvalue weighted by molar-refractivity contribution is 0.0342. The molecule has 4 aromatic rings. The Bertz CT molecular complexity index is 1660. The van der Waals surface area contributed by atoms with Gasteiger partial charge in [0.05, 0.1) is 35.6 Å². The van der Waals surface area contributed by atoms with E-state index in [1.165, 1.54) is 6.07 Å². The lowest BCUT2D eigenvalue weighted by Gasteiger charge is -2.27. The summed E-state index contributed by atoms with van der Waals surface area (Å²) < 4.78 is 26.4. The zero-order valence-corrected chi connectivity index (χ0v) is 26.0. The molecule has 0 radical (unpaired) electrons. The van der Waals surface area contributed by atoms with Crippen LogP contribution in [0.15, 0.2) is 54.6 Å². The Balaban J connectivity index is 1.39. The summed E-state index contributed by atoms with van der Waals surface area (Å²) in [5, 5.41) is 10.4. The van der Waals surface area contributed by atoms with E-state index in [0.29, 0.717) is 34.6 Å². The number of anilines is 1. The largest absolute Gasteiger partial charge is 0.448 e. The molecule has 2 aromatic carbocycles. The minimum Gasteiger partial charge on any atom is -0.448 e. The third-order valence-corrected chi connectivity index (χ3v) is 8.34. The Morgan fingerprint density at radius 3 is 2.45 bits per heavy atom. The number of aromatic nitrogens is 2. The lowest BCUT2D eigenvalue weighted by Crippen LogP contribution is -2.41. The standard InChI is InChI=1S/C32H36FN5O5S/c1-20(2)19-43-31(41)38-30-23(17-26(44-30)29(40)35-32(3,4)24-7-5-6-8-25(24)33)27(36-38)34-28(39)22-11-9-21(10-12-22)18-37-13-15-42-16-14-37/h5-12,17,20H,13-16,18-19H2,1-4H3,(H,35,40)(H,34,36,39). The van der Waals surface area contributed by atoms with Gasteiger partial charge >= 0.3 is 6.09 Å². The molecule has 5 rings (SSSR count). The van der Waals surface area contributed by atoms with E-state index in [0.717, 1.165) is 41.2 Å². The molecular formula is C32H36FN5O5S. The maximum atomic E-state index is 14.5. The lowest BCUT2D eigenvalue weighted by atomic mass is 9.93. The molecule has 1 aliphatic heterocycles. The molecule has 0 unspecified atom stereocenters. The summed E-state index contributed by atoms with van der Waals surface area (Å²) in [5.41, 5.74) is 0.809. The molecule has 12 heteroatoms. The molecule has 1 fully saturated rings. The summed E-state index contributed by atoms with van der Waals surface area (Å²) in [6.45, 7) is 11.3. The average Bonchev–Trinajstić information content (AvgIpc) is 3.57. The predicted octanol–water partition coefficient (Wildman–Crippen LogP) is 5.63. The molecule has 0 spiro atoms. The third kappa shape index (κ3) is 7.15. The van der Waals surface area contributed by atoms with E-state index in [-0.39, 0.29) is 23.2 Å². The number of hydrogen-bond acceptors (Lipinski definition) is 8. The molecular weight excluding hydrogens is 585 g/mol. The first-order chi connectivity index (χ1) is 21.0. The number of hydrogen-bond donors (Lipinski definition) is 2. The number of ether oxygens (including phenoxy) is 2. The van der Waals surface area contributed by atoms with Crippen LogP contribution in [0.3, 0.4) is 0 Å². The molecule has 10 nitrogen and oxygen atoms in total. The van der Waals surface area contributed by atoms with Gasteiger partial charge in [0.2, 0.25) is 0 Å². The van der Waals surface area contributed by atoms with Crippen molar-refractivity contribution < 1.29 is 28.2 Å². The van der Waals surface area contributed by atoms with Gasteiger partial charge in [-0.25, -0.2) is 9.18 Å². The predicted molar refractivity (Wildman–Crippen MR) is 167 cm³/mol. The highest BCUT2D eigenvalue weighted by molar-refractivity contribution is 7.20. The van der Waals surface area contributed by atoms with Gasteiger partial charge in [-0.05, 0) is 49.6 Å². The molecule has 0 atom stereocenters. The number of fused-ring (bicyclic) bond motifs is 1. The molecule has 0 bridgehead atoms. The Hall–Kier alpha value is -4.13. The van der Waals surface area contributed by atoms with Gasteiger partial charge in [0.1, 0.15) is 10.6 Å². The summed E-state index contributed by atoms with van der Waals surface area (Å²) in [6, 6.07) is 15.1. The number of halogens is 1. The van der Waals surface area contributed by atoms with E-state index in [4.69, 9.17) is 9.47 Å². The second kappa shape index (κ2) is 13.2. The van der Waals surface area contributed by atoms with Gasteiger partial charge in [0.15, 0.2) is 5.82 Å². The SMILES string of the molecule is CC(C)COC(=O)n1nc(NC(=O)c2ccc(CN3CCOCC3)cc2)c2cc(C(=O)NC(C)(C)c3ccccc3F)sc21. The highest BCUT2D eigenvalue weighted by atomic mass is 32.1. The number of benzene rings is 2. The van der Waals surface area contributed by atoms with Crippen LogP contribution >= 0.6 is 11.3 Å². The van der Waals surface area contributed by atoms with Crippen molar-refractivity contribution in [2.24, 2.45) is 5.92 Å². The Kier molecular flexibility index (Phi) is 9.42. The van der Waals surface area contributed by atoms with E-state index in [2.05, 4.69) is 20.6 Å². The van der Waals surface area contributed by atoms with Crippen molar-refractivity contribution in [2.75, 3.05) is 38.2 Å². The molecule has 3 heterocycles. The van der Waals surface area contributed by atoms with Crippen molar-refractivity contribution in [3.8, 4) is 0 Å². The van der Waals surface area contributed by atoms with Crippen molar-refractivity contribution in [1.29, 1.82) is 0 Å². The number of nitrogens with zero attached hydrogens (tertiary/aromatic N) is 3. The molecule has 1 saturated heterocycles. The molecule has 2 aromatic heterocycles. The third-order valence-electron chi connectivity index (χ3n) is 7.23. The van der Waals surface area contributed by atoms with Crippen LogP contribution in [-0.2, 0) is 21.6 Å². The summed E-state index contributed by atoms with van der Waals surface area (Å²) >= 11 is 1.03. The first-order valence-corrected chi connectivity index (χ1v) is 15.3. The summed E-state index contributed by atoms with van der Waals surface area (Å²) in [7, 11) is 0. The number of carbonyl (C=O) groups excluding carboxylic acids is 3. The van der Waals surface area contributed by atoms with Gasteiger partial charge < -0.3 is 20.1 Å². The topological polar surface area (TPSA) is 115 Å². The number of morpholine rings is 1. The first kappa shape index (κ1) is 31.3. The number of rotatable bonds is 9. The maximum absolute atomic E-state index is 14.5. The fourth-order valence-electron chi connectivity index (χ4n) is 4.87. The average molecular weight is 622 g/mol. The highest BCUT2D eigenvalue weighted by Crippen LogP contribution is 2.33. The van der Waals surface area contributed by atoms with Crippen LogP contribution in [0, 0.1) is 11.7 Å². The van der Waals surface area contributed by atoms with E-state index in [9.17, 15) is 18.8 Å². The fraction of sp³-hybridized carbons (Fsp3) is 0.375. The van der Waals surface area contributed by atoms with Gasteiger partial charge in [-0.15, -0.1) is 16.4 Å². The van der Waals surface area contributed by atoms with Gasteiger partial charge in [0, 0.05) is 30.8 Å². The first-order valence-electron chi connectivity index (χ1n) is 14.5. The van der Waals surface area contributed by atoms with Crippen LogP contribution in [0.25, 0.3) is 10.2 Å². The Morgan fingerprint density at radius 2 is 1.77 bits per heavy atom. The summed E-state index contributed by atoms with van der Waals surface area (Å²) in [6.07, 6.45) is -0.725. The monoisotopic (exact) mass is 621 g/mol. The van der Waals surface area contributed by atoms with E-state index < -0.39 is 29.3 Å². The quantitative estimate of drug-likeness (QED) is 0.249. The van der Waals surface area contributed by atoms with E-state index in [1.807, 2.05) is 26.0 Å².